The van der Waals surface area contributed by atoms with Crippen LogP contribution in [-0.4, -0.2) is 18.6 Å². The number of nitrogens with two attached hydrogens (primary N) is 1. The summed E-state index contributed by atoms with van der Waals surface area (Å²) in [5.74, 6) is 0.514. The number of hydrogen-bond acceptors (Lipinski definition) is 4. The van der Waals surface area contributed by atoms with Crippen LogP contribution in [-0.2, 0) is 4.79 Å². The van der Waals surface area contributed by atoms with Crippen LogP contribution >= 0.6 is 0 Å². The van der Waals surface area contributed by atoms with Crippen LogP contribution in [0.15, 0.2) is 12.1 Å². The number of amides is 1. The lowest BCUT2D eigenvalue weighted by Crippen LogP contribution is -2.30. The van der Waals surface area contributed by atoms with E-state index in [9.17, 15) is 4.79 Å². The molecule has 21 heavy (non-hydrogen) atoms. The standard InChI is InChI=1S/C16H23N3O2/c1-16(2)5-3-10(4-6-16)18-12-8-13-14(7-11(12)17)21-9-15(20)19-13/h7-8,10,18H,3-6,9,17H2,1-2H3,(H,19,20). The molecule has 0 atom stereocenters. The first-order valence-corrected chi connectivity index (χ1v) is 7.56. The summed E-state index contributed by atoms with van der Waals surface area (Å²) < 4.78 is 5.37. The Labute approximate surface area is 125 Å². The van der Waals surface area contributed by atoms with E-state index in [0.29, 0.717) is 28.6 Å². The average molecular weight is 289 g/mol. The Morgan fingerprint density at radius 3 is 2.76 bits per heavy atom. The highest BCUT2D eigenvalue weighted by atomic mass is 16.5. The fraction of sp³-hybridized carbons (Fsp3) is 0.562. The van der Waals surface area contributed by atoms with Crippen molar-refractivity contribution in [2.24, 2.45) is 5.41 Å². The Morgan fingerprint density at radius 1 is 1.33 bits per heavy atom. The van der Waals surface area contributed by atoms with Crippen LogP contribution in [0.5, 0.6) is 5.75 Å². The summed E-state index contributed by atoms with van der Waals surface area (Å²) in [5.41, 5.74) is 8.77. The van der Waals surface area contributed by atoms with E-state index in [1.54, 1.807) is 6.07 Å². The van der Waals surface area contributed by atoms with Gasteiger partial charge in [-0.25, -0.2) is 0 Å². The minimum atomic E-state index is -0.127. The van der Waals surface area contributed by atoms with E-state index in [4.69, 9.17) is 10.5 Å². The van der Waals surface area contributed by atoms with Crippen LogP contribution < -0.4 is 21.1 Å². The van der Waals surface area contributed by atoms with E-state index < -0.39 is 0 Å². The van der Waals surface area contributed by atoms with Gasteiger partial charge in [0, 0.05) is 12.1 Å². The molecule has 5 nitrogen and oxygen atoms in total. The van der Waals surface area contributed by atoms with Crippen LogP contribution in [0, 0.1) is 5.41 Å². The molecule has 4 N–H and O–H groups in total. The number of hydrogen-bond donors (Lipinski definition) is 3. The number of fused-ring (bicyclic) bond motifs is 1. The number of rotatable bonds is 2. The van der Waals surface area contributed by atoms with Crippen LogP contribution in [0.2, 0.25) is 0 Å². The second-order valence-electron chi connectivity index (χ2n) is 6.86. The van der Waals surface area contributed by atoms with Crippen molar-refractivity contribution in [2.45, 2.75) is 45.6 Å². The molecular weight excluding hydrogens is 266 g/mol. The fourth-order valence-electron chi connectivity index (χ4n) is 3.03. The van der Waals surface area contributed by atoms with Gasteiger partial charge in [-0.05, 0) is 37.2 Å². The first-order valence-electron chi connectivity index (χ1n) is 7.56. The third-order valence-corrected chi connectivity index (χ3v) is 4.48. The van der Waals surface area contributed by atoms with Crippen LogP contribution in [0.25, 0.3) is 0 Å². The molecule has 0 saturated heterocycles. The second-order valence-corrected chi connectivity index (χ2v) is 6.86. The summed E-state index contributed by atoms with van der Waals surface area (Å²) in [4.78, 5) is 11.4. The number of ether oxygens (including phenoxy) is 1. The monoisotopic (exact) mass is 289 g/mol. The second kappa shape index (κ2) is 5.13. The Bertz CT molecular complexity index is 559. The van der Waals surface area contributed by atoms with E-state index >= 15 is 0 Å². The highest BCUT2D eigenvalue weighted by Crippen LogP contribution is 2.39. The number of benzene rings is 1. The molecule has 1 aromatic rings. The third-order valence-electron chi connectivity index (χ3n) is 4.48. The molecule has 1 aromatic carbocycles. The summed E-state index contributed by atoms with van der Waals surface area (Å²) in [7, 11) is 0. The molecule has 1 fully saturated rings. The molecule has 0 spiro atoms. The molecule has 1 amide bonds. The zero-order valence-corrected chi connectivity index (χ0v) is 12.7. The van der Waals surface area contributed by atoms with E-state index in [2.05, 4.69) is 24.5 Å². The van der Waals surface area contributed by atoms with Gasteiger partial charge in [0.2, 0.25) is 0 Å². The third kappa shape index (κ3) is 3.06. The quantitative estimate of drug-likeness (QED) is 0.732. The Kier molecular flexibility index (Phi) is 3.43. The summed E-state index contributed by atoms with van der Waals surface area (Å²) in [5, 5.41) is 6.34. The van der Waals surface area contributed by atoms with Crippen molar-refractivity contribution >= 4 is 23.0 Å². The Balaban J connectivity index is 1.74. The Morgan fingerprint density at radius 2 is 2.05 bits per heavy atom. The van der Waals surface area contributed by atoms with Gasteiger partial charge in [-0.15, -0.1) is 0 Å². The largest absolute Gasteiger partial charge is 0.482 e. The van der Waals surface area contributed by atoms with Crippen molar-refractivity contribution in [3.05, 3.63) is 12.1 Å². The number of nitrogens with one attached hydrogen (secondary N) is 2. The number of nitrogen functional groups attached to an aromatic ring is 1. The van der Waals surface area contributed by atoms with Gasteiger partial charge in [-0.2, -0.15) is 0 Å². The van der Waals surface area contributed by atoms with Gasteiger partial charge in [0.15, 0.2) is 6.61 Å². The zero-order chi connectivity index (χ0) is 15.0. The first-order chi connectivity index (χ1) is 9.93. The minimum Gasteiger partial charge on any atom is -0.482 e. The van der Waals surface area contributed by atoms with E-state index in [1.165, 1.54) is 12.8 Å². The first kappa shape index (κ1) is 14.0. The lowest BCUT2D eigenvalue weighted by Gasteiger charge is -2.35. The summed E-state index contributed by atoms with van der Waals surface area (Å²) >= 11 is 0. The maximum atomic E-state index is 11.4. The minimum absolute atomic E-state index is 0.0525. The highest BCUT2D eigenvalue weighted by Gasteiger charge is 2.27. The number of carbonyl (C=O) groups is 1. The molecule has 0 aromatic heterocycles. The van der Waals surface area contributed by atoms with E-state index in [0.717, 1.165) is 18.5 Å². The van der Waals surface area contributed by atoms with Gasteiger partial charge in [0.1, 0.15) is 5.75 Å². The highest BCUT2D eigenvalue weighted by molar-refractivity contribution is 5.97. The molecule has 1 saturated carbocycles. The molecule has 0 bridgehead atoms. The van der Waals surface area contributed by atoms with Crippen molar-refractivity contribution in [1.82, 2.24) is 0 Å². The van der Waals surface area contributed by atoms with Gasteiger partial charge in [0.25, 0.3) is 5.91 Å². The van der Waals surface area contributed by atoms with Crippen molar-refractivity contribution in [3.63, 3.8) is 0 Å². The fourth-order valence-corrected chi connectivity index (χ4v) is 3.03. The maximum absolute atomic E-state index is 11.4. The molecule has 1 aliphatic carbocycles. The summed E-state index contributed by atoms with van der Waals surface area (Å²) in [6.07, 6.45) is 4.73. The van der Waals surface area contributed by atoms with Gasteiger partial charge >= 0.3 is 0 Å². The topological polar surface area (TPSA) is 76.4 Å². The predicted molar refractivity (Wildman–Crippen MR) is 84.6 cm³/mol. The number of anilines is 3. The molecule has 2 aliphatic rings. The predicted octanol–water partition coefficient (Wildman–Crippen LogP) is 2.98. The van der Waals surface area contributed by atoms with Crippen molar-refractivity contribution in [1.29, 1.82) is 0 Å². The molecule has 3 rings (SSSR count). The molecule has 114 valence electrons. The van der Waals surface area contributed by atoms with Gasteiger partial charge in [-0.1, -0.05) is 13.8 Å². The Hall–Kier alpha value is -1.91. The van der Waals surface area contributed by atoms with Crippen molar-refractivity contribution in [3.8, 4) is 5.75 Å². The SMILES string of the molecule is CC1(C)CCC(Nc2cc3c(cc2N)OCC(=O)N3)CC1. The lowest BCUT2D eigenvalue weighted by molar-refractivity contribution is -0.118. The van der Waals surface area contributed by atoms with Crippen molar-refractivity contribution in [2.75, 3.05) is 23.0 Å². The molecule has 1 aliphatic heterocycles. The van der Waals surface area contributed by atoms with E-state index in [-0.39, 0.29) is 12.5 Å². The number of carbonyl (C=O) groups excluding carboxylic acids is 1. The smallest absolute Gasteiger partial charge is 0.262 e. The van der Waals surface area contributed by atoms with Gasteiger partial charge in [-0.3, -0.25) is 4.79 Å². The normalized spacial score (nSPS) is 21.1. The van der Waals surface area contributed by atoms with Crippen molar-refractivity contribution < 1.29 is 9.53 Å². The lowest BCUT2D eigenvalue weighted by atomic mass is 9.75. The summed E-state index contributed by atoms with van der Waals surface area (Å²) in [6.45, 7) is 4.70. The molecule has 1 heterocycles. The van der Waals surface area contributed by atoms with Crippen LogP contribution in [0.1, 0.15) is 39.5 Å². The maximum Gasteiger partial charge on any atom is 0.262 e. The van der Waals surface area contributed by atoms with E-state index in [1.807, 2.05) is 6.07 Å². The molecule has 0 radical (unpaired) electrons. The van der Waals surface area contributed by atoms with Gasteiger partial charge < -0.3 is 21.1 Å². The molecule has 0 unspecified atom stereocenters. The van der Waals surface area contributed by atoms with Crippen LogP contribution in [0.3, 0.4) is 0 Å². The summed E-state index contributed by atoms with van der Waals surface area (Å²) in [6, 6.07) is 4.10. The molecule has 5 heteroatoms. The van der Waals surface area contributed by atoms with Gasteiger partial charge in [0.05, 0.1) is 17.1 Å². The van der Waals surface area contributed by atoms with Crippen LogP contribution in [0.4, 0.5) is 17.1 Å². The zero-order valence-electron chi connectivity index (χ0n) is 12.7. The average Bonchev–Trinajstić information content (AvgIpc) is 2.42. The molecular formula is C16H23N3O2.